The molecule has 0 amide bonds. The second kappa shape index (κ2) is 10.2. The van der Waals surface area contributed by atoms with Crippen molar-refractivity contribution < 1.29 is 18.4 Å². The van der Waals surface area contributed by atoms with Gasteiger partial charge in [0, 0.05) is 0 Å². The molecule has 0 N–H and O–H groups in total. The van der Waals surface area contributed by atoms with Gasteiger partial charge in [-0.2, -0.15) is 0 Å². The average Bonchev–Trinajstić information content (AvgIpc) is 2.84. The zero-order chi connectivity index (χ0) is 24.3. The van der Waals surface area contributed by atoms with Crippen molar-refractivity contribution in [2.75, 3.05) is 0 Å². The van der Waals surface area contributed by atoms with Gasteiger partial charge in [-0.15, -0.1) is 0 Å². The zero-order valence-electron chi connectivity index (χ0n) is 22.5. The first-order valence-electron chi connectivity index (χ1n) is 12.1. The second-order valence-corrected chi connectivity index (χ2v) is 22.0. The van der Waals surface area contributed by atoms with Gasteiger partial charge in [-0.05, 0) is 55.7 Å². The van der Waals surface area contributed by atoms with E-state index >= 15 is 0 Å². The number of carbonyl (C=O) groups excluding carboxylic acids is 1. The number of unbranched alkanes of at least 4 members (excludes halogenated alkanes) is 2. The predicted molar refractivity (Wildman–Crippen MR) is 137 cm³/mol. The molecule has 0 aliphatic carbocycles. The van der Waals surface area contributed by atoms with Gasteiger partial charge in [-0.1, -0.05) is 73.8 Å². The highest BCUT2D eigenvalue weighted by atomic mass is 28.4. The van der Waals surface area contributed by atoms with Crippen molar-refractivity contribution in [3.05, 3.63) is 12.2 Å². The van der Waals surface area contributed by atoms with Crippen LogP contribution < -0.4 is 0 Å². The molecule has 1 fully saturated rings. The molecule has 0 aromatic carbocycles. The highest BCUT2D eigenvalue weighted by molar-refractivity contribution is 6.74. The Balaban J connectivity index is 3.10. The van der Waals surface area contributed by atoms with Crippen molar-refractivity contribution in [2.45, 2.75) is 142 Å². The van der Waals surface area contributed by atoms with Crippen LogP contribution in [0.4, 0.5) is 0 Å². The first-order chi connectivity index (χ1) is 13.8. The summed E-state index contributed by atoms with van der Waals surface area (Å²) in [6.07, 6.45) is 8.84. The van der Waals surface area contributed by atoms with Crippen LogP contribution in [0.2, 0.25) is 36.3 Å². The maximum atomic E-state index is 12.3. The Morgan fingerprint density at radius 3 is 2.10 bits per heavy atom. The topological polar surface area (TPSA) is 44.8 Å². The van der Waals surface area contributed by atoms with Crippen LogP contribution in [0.15, 0.2) is 12.2 Å². The van der Waals surface area contributed by atoms with E-state index in [2.05, 4.69) is 86.8 Å². The van der Waals surface area contributed by atoms with E-state index in [-0.39, 0.29) is 28.3 Å². The fourth-order valence-corrected chi connectivity index (χ4v) is 5.87. The minimum Gasteiger partial charge on any atom is -0.452 e. The Morgan fingerprint density at radius 2 is 1.61 bits per heavy atom. The van der Waals surface area contributed by atoms with E-state index in [0.717, 1.165) is 12.8 Å². The number of hydrogen-bond donors (Lipinski definition) is 0. The number of esters is 1. The van der Waals surface area contributed by atoms with Crippen LogP contribution in [0.25, 0.3) is 0 Å². The monoisotopic (exact) mass is 470 g/mol. The minimum atomic E-state index is -2.02. The van der Waals surface area contributed by atoms with E-state index in [1.807, 2.05) is 6.92 Å². The Morgan fingerprint density at radius 1 is 1.06 bits per heavy atom. The third kappa shape index (κ3) is 7.83. The van der Waals surface area contributed by atoms with Gasteiger partial charge in [0.1, 0.15) is 0 Å². The third-order valence-corrected chi connectivity index (χ3v) is 16.5. The van der Waals surface area contributed by atoms with Crippen LogP contribution in [0.5, 0.6) is 0 Å². The number of ether oxygens (including phenoxy) is 1. The fraction of sp³-hybridized carbons (Fsp3) is 0.880. The lowest BCUT2D eigenvalue weighted by Gasteiger charge is -2.41. The van der Waals surface area contributed by atoms with Crippen molar-refractivity contribution in [3.63, 3.8) is 0 Å². The molecule has 31 heavy (non-hydrogen) atoms. The smallest absolute Gasteiger partial charge is 0.309 e. The molecule has 0 saturated carbocycles. The fourth-order valence-electron chi connectivity index (χ4n) is 3.18. The van der Waals surface area contributed by atoms with Crippen molar-refractivity contribution in [3.8, 4) is 0 Å². The Bertz CT molecular complexity index is 628. The van der Waals surface area contributed by atoms with E-state index in [4.69, 9.17) is 13.6 Å². The standard InChI is InChI=1S/C25H50O4Si2/c1-13-14-15-16-20(28-30(9,10)23(2,3)4)17-18-25(8)21(19-22(26)27-25)29-31(11,12)24(5,6)7/h17-18,20-21H,13-16,19H2,1-12H3. The SMILES string of the molecule is CCCCCC(C=CC1(C)OC(=O)CC1O[Si](C)(C)C(C)(C)C)O[Si](C)(C)C(C)(C)C. The summed E-state index contributed by atoms with van der Waals surface area (Å²) in [7, 11) is -3.93. The van der Waals surface area contributed by atoms with Crippen LogP contribution in [0.1, 0.15) is 87.5 Å². The largest absolute Gasteiger partial charge is 0.452 e. The van der Waals surface area contributed by atoms with Crippen LogP contribution in [-0.2, 0) is 18.4 Å². The molecule has 6 heteroatoms. The molecule has 4 nitrogen and oxygen atoms in total. The molecule has 0 spiro atoms. The molecule has 0 aromatic heterocycles. The maximum absolute atomic E-state index is 12.3. The van der Waals surface area contributed by atoms with E-state index in [9.17, 15) is 4.79 Å². The summed E-state index contributed by atoms with van der Waals surface area (Å²) in [5.41, 5.74) is -0.744. The summed E-state index contributed by atoms with van der Waals surface area (Å²) in [6.45, 7) is 26.8. The van der Waals surface area contributed by atoms with Gasteiger partial charge in [0.2, 0.25) is 0 Å². The Kier molecular flexibility index (Phi) is 9.43. The molecule has 3 atom stereocenters. The molecule has 3 unspecified atom stereocenters. The summed E-state index contributed by atoms with van der Waals surface area (Å²) in [5, 5.41) is 0.235. The molecule has 1 heterocycles. The predicted octanol–water partition coefficient (Wildman–Crippen LogP) is 7.61. The molecule has 0 bridgehead atoms. The lowest BCUT2D eigenvalue weighted by Crippen LogP contribution is -2.49. The van der Waals surface area contributed by atoms with Gasteiger partial charge in [-0.3, -0.25) is 4.79 Å². The summed E-state index contributed by atoms with van der Waals surface area (Å²) in [6, 6.07) is 0. The number of hydrogen-bond acceptors (Lipinski definition) is 4. The van der Waals surface area contributed by atoms with E-state index in [1.54, 1.807) is 0 Å². The maximum Gasteiger partial charge on any atom is 0.309 e. The highest BCUT2D eigenvalue weighted by Crippen LogP contribution is 2.42. The van der Waals surface area contributed by atoms with Gasteiger partial charge in [0.05, 0.1) is 18.6 Å². The van der Waals surface area contributed by atoms with Crippen molar-refractivity contribution in [1.29, 1.82) is 0 Å². The molecule has 1 aliphatic heterocycles. The minimum absolute atomic E-state index is 0.0390. The molecule has 182 valence electrons. The van der Waals surface area contributed by atoms with Crippen LogP contribution in [-0.4, -0.2) is 40.4 Å². The highest BCUT2D eigenvalue weighted by Gasteiger charge is 2.50. The normalized spacial score (nSPS) is 24.6. The van der Waals surface area contributed by atoms with Gasteiger partial charge < -0.3 is 13.6 Å². The van der Waals surface area contributed by atoms with Crippen LogP contribution >= 0.6 is 0 Å². The summed E-state index contributed by atoms with van der Waals surface area (Å²) < 4.78 is 19.2. The summed E-state index contributed by atoms with van der Waals surface area (Å²) in [5.74, 6) is -0.177. The second-order valence-electron chi connectivity index (χ2n) is 12.5. The van der Waals surface area contributed by atoms with Gasteiger partial charge in [0.25, 0.3) is 0 Å². The molecular weight excluding hydrogens is 420 g/mol. The van der Waals surface area contributed by atoms with Crippen molar-refractivity contribution >= 4 is 22.6 Å². The quantitative estimate of drug-likeness (QED) is 0.143. The number of rotatable bonds is 10. The zero-order valence-corrected chi connectivity index (χ0v) is 24.5. The Labute approximate surface area is 194 Å². The number of cyclic esters (lactones) is 1. The van der Waals surface area contributed by atoms with E-state index in [0.29, 0.717) is 6.42 Å². The lowest BCUT2D eigenvalue weighted by molar-refractivity contribution is -0.145. The van der Waals surface area contributed by atoms with Gasteiger partial charge >= 0.3 is 5.97 Å². The summed E-state index contributed by atoms with van der Waals surface area (Å²) in [4.78, 5) is 12.3. The average molecular weight is 471 g/mol. The van der Waals surface area contributed by atoms with Gasteiger partial charge in [-0.25, -0.2) is 0 Å². The number of carbonyl (C=O) groups is 1. The van der Waals surface area contributed by atoms with Gasteiger partial charge in [0.15, 0.2) is 22.2 Å². The van der Waals surface area contributed by atoms with Crippen LogP contribution in [0, 0.1) is 0 Å². The lowest BCUT2D eigenvalue weighted by atomic mass is 9.97. The van der Waals surface area contributed by atoms with E-state index in [1.165, 1.54) is 12.8 Å². The van der Waals surface area contributed by atoms with Crippen molar-refractivity contribution in [1.82, 2.24) is 0 Å². The molecule has 1 rings (SSSR count). The molecule has 1 aliphatic rings. The molecular formula is C25H50O4Si2. The molecule has 1 saturated heterocycles. The molecule has 0 aromatic rings. The van der Waals surface area contributed by atoms with Crippen molar-refractivity contribution in [2.24, 2.45) is 0 Å². The third-order valence-electron chi connectivity index (χ3n) is 7.55. The Hall–Kier alpha value is -0.436. The first kappa shape index (κ1) is 28.6. The molecule has 0 radical (unpaired) electrons. The van der Waals surface area contributed by atoms with E-state index < -0.39 is 22.2 Å². The summed E-state index contributed by atoms with van der Waals surface area (Å²) >= 11 is 0. The van der Waals surface area contributed by atoms with Crippen LogP contribution in [0.3, 0.4) is 0 Å². The first-order valence-corrected chi connectivity index (χ1v) is 17.9.